The van der Waals surface area contributed by atoms with Gasteiger partial charge in [-0.25, -0.2) is 0 Å². The molecule has 82 valence electrons. The Hall–Kier alpha value is -0.120. The van der Waals surface area contributed by atoms with Gasteiger partial charge >= 0.3 is 0 Å². The van der Waals surface area contributed by atoms with Crippen molar-refractivity contribution in [2.75, 3.05) is 32.7 Å². The summed E-state index contributed by atoms with van der Waals surface area (Å²) in [5, 5.41) is 7.05. The summed E-state index contributed by atoms with van der Waals surface area (Å²) in [6, 6.07) is 1.49. The maximum Gasteiger partial charge on any atom is 0.0167 e. The highest BCUT2D eigenvalue weighted by atomic mass is 15.2. The first-order valence-electron chi connectivity index (χ1n) is 6.04. The van der Waals surface area contributed by atoms with Crippen LogP contribution in [0.4, 0.5) is 0 Å². The van der Waals surface area contributed by atoms with E-state index in [1.165, 1.54) is 52.0 Å². The maximum atomic E-state index is 3.57. The summed E-state index contributed by atoms with van der Waals surface area (Å²) >= 11 is 0. The number of rotatable bonds is 3. The molecule has 0 amide bonds. The quantitative estimate of drug-likeness (QED) is 0.687. The Morgan fingerprint density at radius 1 is 1.29 bits per heavy atom. The Labute approximate surface area is 87.2 Å². The lowest BCUT2D eigenvalue weighted by Crippen LogP contribution is -2.49. The molecule has 2 N–H and O–H groups in total. The van der Waals surface area contributed by atoms with Crippen molar-refractivity contribution in [1.82, 2.24) is 15.5 Å². The van der Waals surface area contributed by atoms with Crippen LogP contribution in [-0.4, -0.2) is 49.7 Å². The van der Waals surface area contributed by atoms with Crippen LogP contribution in [0.1, 0.15) is 26.2 Å². The Kier molecular flexibility index (Phi) is 3.79. The number of hydrogen-bond acceptors (Lipinski definition) is 3. The van der Waals surface area contributed by atoms with Crippen molar-refractivity contribution in [3.8, 4) is 0 Å². The van der Waals surface area contributed by atoms with Gasteiger partial charge in [-0.05, 0) is 39.3 Å². The summed E-state index contributed by atoms with van der Waals surface area (Å²) in [5.41, 5.74) is 0. The van der Waals surface area contributed by atoms with E-state index in [0.717, 1.165) is 6.04 Å². The second-order valence-electron chi connectivity index (χ2n) is 4.74. The molecule has 0 saturated carbocycles. The molecule has 2 atom stereocenters. The number of nitrogens with one attached hydrogen (secondary N) is 2. The van der Waals surface area contributed by atoms with Gasteiger partial charge in [-0.1, -0.05) is 0 Å². The Morgan fingerprint density at radius 2 is 2.21 bits per heavy atom. The molecule has 2 fully saturated rings. The largest absolute Gasteiger partial charge is 0.314 e. The van der Waals surface area contributed by atoms with Crippen molar-refractivity contribution in [3.05, 3.63) is 0 Å². The van der Waals surface area contributed by atoms with Gasteiger partial charge in [0, 0.05) is 31.7 Å². The highest BCUT2D eigenvalue weighted by molar-refractivity contribution is 4.79. The van der Waals surface area contributed by atoms with E-state index in [9.17, 15) is 0 Å². The van der Waals surface area contributed by atoms with E-state index in [1.54, 1.807) is 0 Å². The normalized spacial score (nSPS) is 34.9. The summed E-state index contributed by atoms with van der Waals surface area (Å²) in [6.45, 7) is 8.43. The van der Waals surface area contributed by atoms with Crippen LogP contribution >= 0.6 is 0 Å². The summed E-state index contributed by atoms with van der Waals surface area (Å²) in [5.74, 6) is 0. The van der Waals surface area contributed by atoms with Gasteiger partial charge in [0.25, 0.3) is 0 Å². The molecule has 2 unspecified atom stereocenters. The molecule has 2 heterocycles. The van der Waals surface area contributed by atoms with Crippen LogP contribution in [0.2, 0.25) is 0 Å². The van der Waals surface area contributed by atoms with Crippen molar-refractivity contribution in [2.24, 2.45) is 0 Å². The van der Waals surface area contributed by atoms with Gasteiger partial charge in [-0.15, -0.1) is 0 Å². The third kappa shape index (κ3) is 2.94. The van der Waals surface area contributed by atoms with Gasteiger partial charge in [-0.3, -0.25) is 0 Å². The highest BCUT2D eigenvalue weighted by Gasteiger charge is 2.18. The monoisotopic (exact) mass is 197 g/mol. The molecule has 0 aromatic rings. The van der Waals surface area contributed by atoms with Crippen LogP contribution in [0.15, 0.2) is 0 Å². The molecule has 0 aromatic heterocycles. The van der Waals surface area contributed by atoms with Crippen molar-refractivity contribution in [1.29, 1.82) is 0 Å². The van der Waals surface area contributed by atoms with Crippen LogP contribution in [0.3, 0.4) is 0 Å². The topological polar surface area (TPSA) is 27.3 Å². The molecule has 0 spiro atoms. The Balaban J connectivity index is 1.64. The van der Waals surface area contributed by atoms with Crippen molar-refractivity contribution >= 4 is 0 Å². The molecule has 0 aliphatic carbocycles. The summed E-state index contributed by atoms with van der Waals surface area (Å²) in [4.78, 5) is 2.60. The fourth-order valence-electron chi connectivity index (χ4n) is 2.56. The predicted octanol–water partition coefficient (Wildman–Crippen LogP) is 0.422. The molecule has 3 nitrogen and oxygen atoms in total. The molecule has 2 aliphatic heterocycles. The molecule has 0 radical (unpaired) electrons. The minimum Gasteiger partial charge on any atom is -0.314 e. The predicted molar refractivity (Wildman–Crippen MR) is 59.5 cm³/mol. The van der Waals surface area contributed by atoms with Crippen LogP contribution in [-0.2, 0) is 0 Å². The fourth-order valence-corrected chi connectivity index (χ4v) is 2.56. The molecular formula is C11H23N3. The van der Waals surface area contributed by atoms with E-state index in [4.69, 9.17) is 0 Å². The standard InChI is InChI=1S/C11H23N3/c1-10-9-14(8-6-12-10)7-4-11-3-2-5-13-11/h10-13H,2-9H2,1H3. The summed E-state index contributed by atoms with van der Waals surface area (Å²) in [7, 11) is 0. The molecule has 0 aromatic carbocycles. The lowest BCUT2D eigenvalue weighted by atomic mass is 10.1. The summed E-state index contributed by atoms with van der Waals surface area (Å²) in [6.07, 6.45) is 4.11. The number of piperazine rings is 1. The zero-order valence-electron chi connectivity index (χ0n) is 9.26. The summed E-state index contributed by atoms with van der Waals surface area (Å²) < 4.78 is 0. The lowest BCUT2D eigenvalue weighted by molar-refractivity contribution is 0.199. The van der Waals surface area contributed by atoms with Gasteiger partial charge in [0.05, 0.1) is 0 Å². The van der Waals surface area contributed by atoms with Gasteiger partial charge in [0.2, 0.25) is 0 Å². The van der Waals surface area contributed by atoms with Crippen LogP contribution in [0, 0.1) is 0 Å². The third-order valence-corrected chi connectivity index (χ3v) is 3.41. The molecule has 3 heteroatoms. The molecule has 2 saturated heterocycles. The average Bonchev–Trinajstić information content (AvgIpc) is 2.67. The second kappa shape index (κ2) is 5.10. The second-order valence-corrected chi connectivity index (χ2v) is 4.74. The Bertz CT molecular complexity index is 166. The van der Waals surface area contributed by atoms with E-state index in [0.29, 0.717) is 6.04 Å². The first kappa shape index (κ1) is 10.4. The molecular weight excluding hydrogens is 174 g/mol. The molecule has 0 bridgehead atoms. The number of nitrogens with zero attached hydrogens (tertiary/aromatic N) is 1. The number of hydrogen-bond donors (Lipinski definition) is 2. The van der Waals surface area contributed by atoms with Gasteiger partial charge in [0.15, 0.2) is 0 Å². The lowest BCUT2D eigenvalue weighted by Gasteiger charge is -2.32. The Morgan fingerprint density at radius 3 is 2.93 bits per heavy atom. The van der Waals surface area contributed by atoms with E-state index < -0.39 is 0 Å². The first-order chi connectivity index (χ1) is 6.84. The van der Waals surface area contributed by atoms with Crippen LogP contribution in [0.25, 0.3) is 0 Å². The third-order valence-electron chi connectivity index (χ3n) is 3.41. The van der Waals surface area contributed by atoms with Crippen LogP contribution in [0.5, 0.6) is 0 Å². The van der Waals surface area contributed by atoms with E-state index in [2.05, 4.69) is 22.5 Å². The van der Waals surface area contributed by atoms with E-state index in [1.807, 2.05) is 0 Å². The van der Waals surface area contributed by atoms with Gasteiger partial charge in [0.1, 0.15) is 0 Å². The van der Waals surface area contributed by atoms with Crippen molar-refractivity contribution in [2.45, 2.75) is 38.3 Å². The average molecular weight is 197 g/mol. The minimum atomic E-state index is 0.681. The molecule has 2 rings (SSSR count). The zero-order valence-corrected chi connectivity index (χ0v) is 9.26. The maximum absolute atomic E-state index is 3.57. The van der Waals surface area contributed by atoms with E-state index in [-0.39, 0.29) is 0 Å². The fraction of sp³-hybridized carbons (Fsp3) is 1.00. The van der Waals surface area contributed by atoms with Crippen molar-refractivity contribution < 1.29 is 0 Å². The van der Waals surface area contributed by atoms with Gasteiger partial charge in [-0.2, -0.15) is 0 Å². The highest BCUT2D eigenvalue weighted by Crippen LogP contribution is 2.10. The minimum absolute atomic E-state index is 0.681. The SMILES string of the molecule is CC1CN(CCC2CCCN2)CCN1. The smallest absolute Gasteiger partial charge is 0.0167 e. The zero-order chi connectivity index (χ0) is 9.80. The van der Waals surface area contributed by atoms with Crippen LogP contribution < -0.4 is 10.6 Å². The first-order valence-corrected chi connectivity index (χ1v) is 6.04. The van der Waals surface area contributed by atoms with Gasteiger partial charge < -0.3 is 15.5 Å². The molecule has 14 heavy (non-hydrogen) atoms. The molecule has 2 aliphatic rings. The van der Waals surface area contributed by atoms with E-state index >= 15 is 0 Å². The van der Waals surface area contributed by atoms with Crippen molar-refractivity contribution in [3.63, 3.8) is 0 Å².